The normalized spacial score (nSPS) is 13.7. The van der Waals surface area contributed by atoms with Crippen LogP contribution in [-0.4, -0.2) is 34.8 Å². The van der Waals surface area contributed by atoms with Gasteiger partial charge in [-0.2, -0.15) is 0 Å². The Hall–Kier alpha value is -2.97. The molecule has 150 valence electrons. The fourth-order valence-corrected chi connectivity index (χ4v) is 4.31. The lowest BCUT2D eigenvalue weighted by Crippen LogP contribution is -2.29. The van der Waals surface area contributed by atoms with Gasteiger partial charge in [-0.05, 0) is 17.7 Å². The van der Waals surface area contributed by atoms with E-state index in [9.17, 15) is 9.59 Å². The number of rotatable bonds is 7. The van der Waals surface area contributed by atoms with Crippen LogP contribution in [0.5, 0.6) is 0 Å². The topological polar surface area (TPSA) is 87.5 Å². The van der Waals surface area contributed by atoms with Gasteiger partial charge in [0.05, 0.1) is 12.0 Å². The molecule has 0 aliphatic carbocycles. The number of carbonyl (C=O) groups excluding carboxylic acids is 2. The highest BCUT2D eigenvalue weighted by atomic mass is 32.1. The molecule has 0 radical (unpaired) electrons. The summed E-state index contributed by atoms with van der Waals surface area (Å²) in [5.74, 6) is -0.263. The monoisotopic (exact) mass is 410 g/mol. The molecule has 0 fully saturated rings. The van der Waals surface area contributed by atoms with E-state index in [0.717, 1.165) is 31.7 Å². The van der Waals surface area contributed by atoms with Crippen molar-refractivity contribution < 1.29 is 14.0 Å². The zero-order valence-electron chi connectivity index (χ0n) is 15.9. The van der Waals surface area contributed by atoms with Gasteiger partial charge in [0, 0.05) is 43.9 Å². The number of anilines is 1. The summed E-state index contributed by atoms with van der Waals surface area (Å²) in [5, 5.41) is 6.13. The van der Waals surface area contributed by atoms with Crippen molar-refractivity contribution in [3.8, 4) is 0 Å². The average Bonchev–Trinajstić information content (AvgIpc) is 3.38. The molecule has 7 nitrogen and oxygen atoms in total. The first-order valence-corrected chi connectivity index (χ1v) is 10.4. The molecule has 2 aromatic heterocycles. The summed E-state index contributed by atoms with van der Waals surface area (Å²) in [5.41, 5.74) is 2.37. The van der Waals surface area contributed by atoms with Crippen LogP contribution in [0.25, 0.3) is 0 Å². The quantitative estimate of drug-likeness (QED) is 0.625. The second-order valence-electron chi connectivity index (χ2n) is 6.87. The third kappa shape index (κ3) is 5.10. The third-order valence-electron chi connectivity index (χ3n) is 4.69. The van der Waals surface area contributed by atoms with E-state index >= 15 is 0 Å². The molecule has 0 saturated carbocycles. The Morgan fingerprint density at radius 1 is 1.17 bits per heavy atom. The van der Waals surface area contributed by atoms with E-state index in [0.29, 0.717) is 5.13 Å². The fourth-order valence-electron chi connectivity index (χ4n) is 3.24. The molecule has 0 bridgehead atoms. The van der Waals surface area contributed by atoms with Crippen LogP contribution in [0.1, 0.15) is 33.1 Å². The van der Waals surface area contributed by atoms with Gasteiger partial charge in [-0.25, -0.2) is 4.98 Å². The summed E-state index contributed by atoms with van der Waals surface area (Å²) in [4.78, 5) is 32.1. The Morgan fingerprint density at radius 3 is 2.83 bits per heavy atom. The number of hydrogen-bond donors (Lipinski definition) is 2. The lowest BCUT2D eigenvalue weighted by atomic mass is 10.1. The van der Waals surface area contributed by atoms with Crippen LogP contribution in [0.4, 0.5) is 5.13 Å². The molecule has 0 atom stereocenters. The van der Waals surface area contributed by atoms with Crippen LogP contribution in [0, 0.1) is 0 Å². The Morgan fingerprint density at radius 2 is 2.03 bits per heavy atom. The number of aromatic nitrogens is 1. The molecule has 1 aromatic carbocycles. The number of nitrogens with zero attached hydrogens (tertiary/aromatic N) is 2. The first-order chi connectivity index (χ1) is 14.2. The number of furan rings is 1. The maximum absolute atomic E-state index is 12.2. The predicted molar refractivity (Wildman–Crippen MR) is 111 cm³/mol. The minimum atomic E-state index is -0.328. The lowest BCUT2D eigenvalue weighted by molar-refractivity contribution is -0.116. The third-order valence-corrected chi connectivity index (χ3v) is 5.69. The van der Waals surface area contributed by atoms with Crippen molar-refractivity contribution in [1.82, 2.24) is 15.2 Å². The molecule has 2 N–H and O–H groups in total. The molecule has 0 saturated heterocycles. The molecule has 0 unspecified atom stereocenters. The number of hydrogen-bond acceptors (Lipinski definition) is 6. The Labute approximate surface area is 172 Å². The summed E-state index contributed by atoms with van der Waals surface area (Å²) >= 11 is 1.53. The number of amides is 2. The van der Waals surface area contributed by atoms with Gasteiger partial charge in [0.15, 0.2) is 10.9 Å². The molecular weight excluding hydrogens is 388 g/mol. The lowest BCUT2D eigenvalue weighted by Gasteiger charge is -2.25. The molecule has 3 heterocycles. The second-order valence-corrected chi connectivity index (χ2v) is 7.95. The average molecular weight is 410 g/mol. The van der Waals surface area contributed by atoms with E-state index in [4.69, 9.17) is 4.42 Å². The van der Waals surface area contributed by atoms with Gasteiger partial charge in [-0.1, -0.05) is 30.3 Å². The van der Waals surface area contributed by atoms with Crippen molar-refractivity contribution in [1.29, 1.82) is 0 Å². The molecule has 29 heavy (non-hydrogen) atoms. The van der Waals surface area contributed by atoms with E-state index < -0.39 is 0 Å². The summed E-state index contributed by atoms with van der Waals surface area (Å²) < 4.78 is 5.02. The molecule has 8 heteroatoms. The van der Waals surface area contributed by atoms with E-state index in [2.05, 4.69) is 44.8 Å². The van der Waals surface area contributed by atoms with Crippen LogP contribution >= 0.6 is 11.3 Å². The van der Waals surface area contributed by atoms with Crippen LogP contribution < -0.4 is 10.6 Å². The minimum Gasteiger partial charge on any atom is -0.459 e. The first kappa shape index (κ1) is 19.4. The first-order valence-electron chi connectivity index (χ1n) is 9.54. The van der Waals surface area contributed by atoms with Gasteiger partial charge in [0.25, 0.3) is 5.91 Å². The van der Waals surface area contributed by atoms with Gasteiger partial charge in [-0.3, -0.25) is 14.5 Å². The smallest absolute Gasteiger partial charge is 0.286 e. The van der Waals surface area contributed by atoms with Gasteiger partial charge >= 0.3 is 0 Å². The minimum absolute atomic E-state index is 0.169. The zero-order valence-corrected chi connectivity index (χ0v) is 16.7. The number of fused-ring (bicyclic) bond motifs is 1. The molecular formula is C21H22N4O3S. The van der Waals surface area contributed by atoms with Gasteiger partial charge in [0.2, 0.25) is 5.91 Å². The highest BCUT2D eigenvalue weighted by Gasteiger charge is 2.21. The SMILES string of the molecule is O=C(CCNC(=O)c1ccco1)Nc1nc2c(s1)CN(Cc1ccccc1)CC2. The van der Waals surface area contributed by atoms with Crippen molar-refractivity contribution in [3.63, 3.8) is 0 Å². The standard InChI is InChI=1S/C21H22N4O3S/c26-19(8-10-22-20(27)17-7-4-12-28-17)24-21-23-16-9-11-25(14-18(16)29-21)13-15-5-2-1-3-6-15/h1-7,12H,8-11,13-14H2,(H,22,27)(H,23,24,26). The number of carbonyl (C=O) groups is 2. The molecule has 3 aromatic rings. The summed E-state index contributed by atoms with van der Waals surface area (Å²) in [7, 11) is 0. The summed E-state index contributed by atoms with van der Waals surface area (Å²) in [6.07, 6.45) is 2.50. The van der Waals surface area contributed by atoms with Crippen LogP contribution in [0.15, 0.2) is 53.1 Å². The highest BCUT2D eigenvalue weighted by molar-refractivity contribution is 7.15. The number of thiazole rings is 1. The van der Waals surface area contributed by atoms with E-state index in [1.807, 2.05) is 6.07 Å². The predicted octanol–water partition coefficient (Wildman–Crippen LogP) is 3.05. The van der Waals surface area contributed by atoms with E-state index in [1.54, 1.807) is 12.1 Å². The molecule has 1 aliphatic rings. The largest absolute Gasteiger partial charge is 0.459 e. The Bertz CT molecular complexity index is 969. The van der Waals surface area contributed by atoms with Crippen molar-refractivity contribution in [2.24, 2.45) is 0 Å². The van der Waals surface area contributed by atoms with Crippen LogP contribution in [0.2, 0.25) is 0 Å². The van der Waals surface area contributed by atoms with Crippen LogP contribution in [0.3, 0.4) is 0 Å². The van der Waals surface area contributed by atoms with E-state index in [1.165, 1.54) is 28.0 Å². The van der Waals surface area contributed by atoms with Crippen molar-refractivity contribution >= 4 is 28.3 Å². The van der Waals surface area contributed by atoms with Crippen molar-refractivity contribution in [3.05, 3.63) is 70.6 Å². The van der Waals surface area contributed by atoms with Gasteiger partial charge in [-0.15, -0.1) is 11.3 Å². The molecule has 0 spiro atoms. The molecule has 1 aliphatic heterocycles. The number of benzene rings is 1. The van der Waals surface area contributed by atoms with E-state index in [-0.39, 0.29) is 30.5 Å². The Balaban J connectivity index is 1.25. The fraction of sp³-hybridized carbons (Fsp3) is 0.286. The maximum atomic E-state index is 12.2. The van der Waals surface area contributed by atoms with Crippen molar-refractivity contribution in [2.75, 3.05) is 18.4 Å². The summed E-state index contributed by atoms with van der Waals surface area (Å²) in [6.45, 7) is 2.95. The van der Waals surface area contributed by atoms with Gasteiger partial charge in [0.1, 0.15) is 0 Å². The highest BCUT2D eigenvalue weighted by Crippen LogP contribution is 2.29. The van der Waals surface area contributed by atoms with Gasteiger partial charge < -0.3 is 15.1 Å². The van der Waals surface area contributed by atoms with Crippen LogP contribution in [-0.2, 0) is 24.3 Å². The Kier molecular flexibility index (Phi) is 6.02. The zero-order chi connectivity index (χ0) is 20.1. The van der Waals surface area contributed by atoms with Crippen molar-refractivity contribution in [2.45, 2.75) is 25.9 Å². The molecule has 2 amide bonds. The molecule has 4 rings (SSSR count). The number of nitrogens with one attached hydrogen (secondary N) is 2. The maximum Gasteiger partial charge on any atom is 0.286 e. The second kappa shape index (κ2) is 9.02. The summed E-state index contributed by atoms with van der Waals surface area (Å²) in [6, 6.07) is 13.6.